The number of methoxy groups -OCH3 is 1. The number of ether oxygens (including phenoxy) is 1. The Kier molecular flexibility index (Phi) is 4.93. The number of hydrogen-bond donors (Lipinski definition) is 2. The number of aromatic amines is 1. The predicted molar refractivity (Wildman–Crippen MR) is 113 cm³/mol. The summed E-state index contributed by atoms with van der Waals surface area (Å²) in [5.74, 6) is -0.00382. The summed E-state index contributed by atoms with van der Waals surface area (Å²) in [5.41, 5.74) is 4.35. The Labute approximate surface area is 172 Å². The Bertz CT molecular complexity index is 1300. The monoisotopic (exact) mass is 396 g/mol. The van der Waals surface area contributed by atoms with Gasteiger partial charge in [-0.3, -0.25) is 4.79 Å². The minimum Gasteiger partial charge on any atom is -0.497 e. The molecule has 0 radical (unpaired) electrons. The lowest BCUT2D eigenvalue weighted by molar-refractivity contribution is -0.112. The number of carbonyl (C=O) groups is 1. The van der Waals surface area contributed by atoms with Crippen LogP contribution in [0.1, 0.15) is 0 Å². The molecule has 2 N–H and O–H groups in total. The average Bonchev–Trinajstić information content (AvgIpc) is 3.22. The largest absolute Gasteiger partial charge is 0.497 e. The standard InChI is InChI=1S/C22H16N6O2/c1-13(23-2)22(29)28-16-6-14(7-17(9-16)30-3)15-8-18-19(11-26-21(18)25-10-15)20-4-5-24-12-27-20/h4-12H,1H2,3H3,(H,25,26)(H,28,29). The average molecular weight is 396 g/mol. The summed E-state index contributed by atoms with van der Waals surface area (Å²) in [6.45, 7) is 10.4. The third-order valence-corrected chi connectivity index (χ3v) is 4.52. The molecule has 4 rings (SSSR count). The summed E-state index contributed by atoms with van der Waals surface area (Å²) in [5, 5.41) is 3.57. The molecule has 0 aliphatic carbocycles. The van der Waals surface area contributed by atoms with Crippen LogP contribution >= 0.6 is 0 Å². The van der Waals surface area contributed by atoms with Crippen LogP contribution in [0.5, 0.6) is 5.75 Å². The summed E-state index contributed by atoms with van der Waals surface area (Å²) < 4.78 is 5.37. The molecule has 0 saturated carbocycles. The molecule has 0 spiro atoms. The van der Waals surface area contributed by atoms with Gasteiger partial charge in [0, 0.05) is 46.9 Å². The third-order valence-electron chi connectivity index (χ3n) is 4.52. The second-order valence-electron chi connectivity index (χ2n) is 6.38. The molecule has 0 aliphatic rings. The number of benzene rings is 1. The van der Waals surface area contributed by atoms with Crippen LogP contribution in [0, 0.1) is 6.57 Å². The third kappa shape index (κ3) is 3.59. The molecule has 4 aromatic rings. The number of carbonyl (C=O) groups excluding carboxylic acids is 1. The van der Waals surface area contributed by atoms with Crippen LogP contribution in [0.2, 0.25) is 0 Å². The molecular formula is C22H16N6O2. The zero-order valence-corrected chi connectivity index (χ0v) is 16.0. The van der Waals surface area contributed by atoms with Crippen molar-refractivity contribution >= 4 is 22.6 Å². The van der Waals surface area contributed by atoms with Crippen molar-refractivity contribution < 1.29 is 9.53 Å². The van der Waals surface area contributed by atoms with Gasteiger partial charge in [0.1, 0.15) is 17.7 Å². The number of aromatic nitrogens is 4. The number of nitrogens with one attached hydrogen (secondary N) is 2. The van der Waals surface area contributed by atoms with E-state index in [2.05, 4.69) is 36.7 Å². The van der Waals surface area contributed by atoms with Gasteiger partial charge in [-0.25, -0.2) is 19.8 Å². The molecule has 8 heteroatoms. The van der Waals surface area contributed by atoms with E-state index in [4.69, 9.17) is 11.3 Å². The lowest BCUT2D eigenvalue weighted by Crippen LogP contribution is -2.11. The molecule has 146 valence electrons. The highest BCUT2D eigenvalue weighted by molar-refractivity contribution is 6.05. The van der Waals surface area contributed by atoms with Crippen molar-refractivity contribution in [3.05, 3.63) is 78.9 Å². The van der Waals surface area contributed by atoms with E-state index in [-0.39, 0.29) is 5.70 Å². The molecule has 1 aromatic carbocycles. The first kappa shape index (κ1) is 18.8. The number of anilines is 1. The van der Waals surface area contributed by atoms with Crippen LogP contribution in [0.15, 0.2) is 67.5 Å². The molecule has 1 amide bonds. The fourth-order valence-electron chi connectivity index (χ4n) is 3.03. The molecule has 0 atom stereocenters. The summed E-state index contributed by atoms with van der Waals surface area (Å²) in [7, 11) is 1.55. The Balaban J connectivity index is 1.78. The van der Waals surface area contributed by atoms with Crippen molar-refractivity contribution in [2.45, 2.75) is 0 Å². The topological polar surface area (TPSA) is 97.2 Å². The number of fused-ring (bicyclic) bond motifs is 1. The highest BCUT2D eigenvalue weighted by atomic mass is 16.5. The predicted octanol–water partition coefficient (Wildman–Crippen LogP) is 4.07. The van der Waals surface area contributed by atoms with E-state index in [0.29, 0.717) is 11.4 Å². The van der Waals surface area contributed by atoms with Crippen molar-refractivity contribution in [1.29, 1.82) is 0 Å². The number of H-pyrrole nitrogens is 1. The van der Waals surface area contributed by atoms with Gasteiger partial charge < -0.3 is 15.0 Å². The van der Waals surface area contributed by atoms with Crippen molar-refractivity contribution in [1.82, 2.24) is 19.9 Å². The van der Waals surface area contributed by atoms with Gasteiger partial charge in [0.2, 0.25) is 5.70 Å². The highest BCUT2D eigenvalue weighted by Gasteiger charge is 2.13. The molecule has 0 unspecified atom stereocenters. The summed E-state index contributed by atoms with van der Waals surface area (Å²) in [6, 6.07) is 9.14. The van der Waals surface area contributed by atoms with Crippen LogP contribution in [0.3, 0.4) is 0 Å². The molecule has 0 aliphatic heterocycles. The van der Waals surface area contributed by atoms with Gasteiger partial charge in [-0.1, -0.05) is 6.58 Å². The Morgan fingerprint density at radius 2 is 2.10 bits per heavy atom. The maximum Gasteiger partial charge on any atom is 0.254 e. The van der Waals surface area contributed by atoms with E-state index in [9.17, 15) is 4.79 Å². The quantitative estimate of drug-likeness (QED) is 0.392. The van der Waals surface area contributed by atoms with Gasteiger partial charge in [0.25, 0.3) is 5.91 Å². The second kappa shape index (κ2) is 7.85. The molecular weight excluding hydrogens is 380 g/mol. The smallest absolute Gasteiger partial charge is 0.254 e. The zero-order chi connectivity index (χ0) is 21.1. The molecule has 0 saturated heterocycles. The number of rotatable bonds is 5. The van der Waals surface area contributed by atoms with Crippen molar-refractivity contribution in [2.24, 2.45) is 0 Å². The lowest BCUT2D eigenvalue weighted by Gasteiger charge is -2.11. The molecule has 3 aromatic heterocycles. The number of pyridine rings is 1. The maximum absolute atomic E-state index is 12.0. The second-order valence-corrected chi connectivity index (χ2v) is 6.38. The van der Waals surface area contributed by atoms with Crippen LogP contribution in [0.25, 0.3) is 38.3 Å². The van der Waals surface area contributed by atoms with E-state index in [1.807, 2.05) is 24.4 Å². The number of amides is 1. The molecule has 30 heavy (non-hydrogen) atoms. The normalized spacial score (nSPS) is 10.4. The maximum atomic E-state index is 12.0. The van der Waals surface area contributed by atoms with Crippen LogP contribution in [0.4, 0.5) is 5.69 Å². The van der Waals surface area contributed by atoms with Gasteiger partial charge >= 0.3 is 0 Å². The fourth-order valence-corrected chi connectivity index (χ4v) is 3.03. The van der Waals surface area contributed by atoms with Gasteiger partial charge in [-0.2, -0.15) is 0 Å². The molecule has 0 bridgehead atoms. The van der Waals surface area contributed by atoms with Crippen LogP contribution < -0.4 is 10.1 Å². The Morgan fingerprint density at radius 3 is 2.83 bits per heavy atom. The van der Waals surface area contributed by atoms with Crippen molar-refractivity contribution in [3.63, 3.8) is 0 Å². The summed E-state index contributed by atoms with van der Waals surface area (Å²) in [6.07, 6.45) is 6.78. The fraction of sp³-hybridized carbons (Fsp3) is 0.0455. The lowest BCUT2D eigenvalue weighted by atomic mass is 10.0. The van der Waals surface area contributed by atoms with Crippen molar-refractivity contribution in [2.75, 3.05) is 12.4 Å². The Morgan fingerprint density at radius 1 is 1.23 bits per heavy atom. The Hall–Kier alpha value is -4.51. The van der Waals surface area contributed by atoms with Crippen LogP contribution in [-0.4, -0.2) is 33.0 Å². The summed E-state index contributed by atoms with van der Waals surface area (Å²) >= 11 is 0. The van der Waals surface area contributed by atoms with E-state index in [0.717, 1.165) is 33.4 Å². The van der Waals surface area contributed by atoms with E-state index in [1.54, 1.807) is 31.6 Å². The van der Waals surface area contributed by atoms with Crippen LogP contribution in [-0.2, 0) is 4.79 Å². The number of nitrogens with zero attached hydrogens (tertiary/aromatic N) is 4. The van der Waals surface area contributed by atoms with E-state index >= 15 is 0 Å². The van der Waals surface area contributed by atoms with Gasteiger partial charge in [-0.05, 0) is 29.8 Å². The minimum atomic E-state index is -0.561. The van der Waals surface area contributed by atoms with Crippen molar-refractivity contribution in [3.8, 4) is 28.1 Å². The first-order chi connectivity index (χ1) is 14.6. The van der Waals surface area contributed by atoms with E-state index in [1.165, 1.54) is 6.33 Å². The van der Waals surface area contributed by atoms with E-state index < -0.39 is 5.91 Å². The minimum absolute atomic E-state index is 0.190. The SMILES string of the molecule is [C-]#[N+]C(=C)C(=O)Nc1cc(OC)cc(-c2cnc3[nH]cc(-c4ccncn4)c3c2)c1. The molecule has 3 heterocycles. The molecule has 0 fully saturated rings. The summed E-state index contributed by atoms with van der Waals surface area (Å²) in [4.78, 5) is 31.0. The number of hydrogen-bond acceptors (Lipinski definition) is 5. The first-order valence-electron chi connectivity index (χ1n) is 8.89. The van der Waals surface area contributed by atoms with Gasteiger partial charge in [0.15, 0.2) is 0 Å². The zero-order valence-electron chi connectivity index (χ0n) is 16.0. The molecule has 8 nitrogen and oxygen atoms in total. The van der Waals surface area contributed by atoms with Gasteiger partial charge in [0.05, 0.1) is 19.4 Å². The van der Waals surface area contributed by atoms with Gasteiger partial charge in [-0.15, -0.1) is 0 Å². The highest BCUT2D eigenvalue weighted by Crippen LogP contribution is 2.33. The first-order valence-corrected chi connectivity index (χ1v) is 8.89.